The van der Waals surface area contributed by atoms with Crippen molar-refractivity contribution >= 4 is 5.91 Å². The second kappa shape index (κ2) is 8.26. The van der Waals surface area contributed by atoms with Gasteiger partial charge in [0.1, 0.15) is 0 Å². The molecule has 26 heavy (non-hydrogen) atoms. The molecule has 2 aromatic carbocycles. The lowest BCUT2D eigenvalue weighted by atomic mass is 10.0. The van der Waals surface area contributed by atoms with Gasteiger partial charge in [0, 0.05) is 0 Å². The number of ether oxygens (including phenoxy) is 2. The maximum atomic E-state index is 12.7. The van der Waals surface area contributed by atoms with E-state index in [0.29, 0.717) is 17.9 Å². The van der Waals surface area contributed by atoms with Crippen LogP contribution in [0.2, 0.25) is 0 Å². The molecule has 0 fully saturated rings. The maximum absolute atomic E-state index is 12.7. The molecule has 4 heteroatoms. The zero-order chi connectivity index (χ0) is 18.5. The predicted molar refractivity (Wildman–Crippen MR) is 103 cm³/mol. The van der Waals surface area contributed by atoms with Crippen LogP contribution in [0.4, 0.5) is 0 Å². The highest BCUT2D eigenvalue weighted by Crippen LogP contribution is 2.28. The number of hydrogen-bond donors (Lipinski definition) is 1. The zero-order valence-electron chi connectivity index (χ0n) is 15.7. The Hall–Kier alpha value is -2.49. The van der Waals surface area contributed by atoms with E-state index in [9.17, 15) is 4.79 Å². The quantitative estimate of drug-likeness (QED) is 0.811. The Labute approximate surface area is 155 Å². The first kappa shape index (κ1) is 18.3. The molecule has 4 nitrogen and oxygen atoms in total. The SMILES string of the molecule is CC[C@@H](Oc1ccccc1OC)C(=O)N[C@H](C)c1ccc2c(c1)CCC2. The highest BCUT2D eigenvalue weighted by Gasteiger charge is 2.22. The third kappa shape index (κ3) is 4.01. The maximum Gasteiger partial charge on any atom is 0.261 e. The molecular formula is C22H27NO3. The number of amides is 1. The second-order valence-electron chi connectivity index (χ2n) is 6.78. The Bertz CT molecular complexity index is 772. The summed E-state index contributed by atoms with van der Waals surface area (Å²) in [6.45, 7) is 3.96. The fraction of sp³-hybridized carbons (Fsp3) is 0.409. The molecule has 1 amide bonds. The Morgan fingerprint density at radius 1 is 1.12 bits per heavy atom. The van der Waals surface area contributed by atoms with E-state index < -0.39 is 6.10 Å². The van der Waals surface area contributed by atoms with Gasteiger partial charge in [0.05, 0.1) is 13.2 Å². The summed E-state index contributed by atoms with van der Waals surface area (Å²) in [6.07, 6.45) is 3.56. The van der Waals surface area contributed by atoms with Crippen LogP contribution in [0, 0.1) is 0 Å². The van der Waals surface area contributed by atoms with E-state index in [1.165, 1.54) is 24.0 Å². The zero-order valence-corrected chi connectivity index (χ0v) is 15.7. The number of aryl methyl sites for hydroxylation is 2. The molecule has 0 aliphatic heterocycles. The van der Waals surface area contributed by atoms with Gasteiger partial charge in [-0.1, -0.05) is 37.3 Å². The van der Waals surface area contributed by atoms with Crippen LogP contribution in [0.25, 0.3) is 0 Å². The van der Waals surface area contributed by atoms with Crippen molar-refractivity contribution in [2.24, 2.45) is 0 Å². The molecule has 0 bridgehead atoms. The summed E-state index contributed by atoms with van der Waals surface area (Å²) in [7, 11) is 1.60. The molecule has 0 aromatic heterocycles. The molecule has 1 N–H and O–H groups in total. The Morgan fingerprint density at radius 3 is 2.58 bits per heavy atom. The predicted octanol–water partition coefficient (Wildman–Crippen LogP) is 4.22. The van der Waals surface area contributed by atoms with Crippen molar-refractivity contribution in [3.05, 3.63) is 59.2 Å². The summed E-state index contributed by atoms with van der Waals surface area (Å²) in [5.74, 6) is 1.11. The molecule has 0 radical (unpaired) electrons. The molecule has 0 saturated heterocycles. The monoisotopic (exact) mass is 353 g/mol. The van der Waals surface area contributed by atoms with Crippen molar-refractivity contribution in [2.75, 3.05) is 7.11 Å². The highest BCUT2D eigenvalue weighted by atomic mass is 16.5. The lowest BCUT2D eigenvalue weighted by Gasteiger charge is -2.22. The number of hydrogen-bond acceptors (Lipinski definition) is 3. The molecule has 2 aromatic rings. The van der Waals surface area contributed by atoms with Crippen LogP contribution < -0.4 is 14.8 Å². The topological polar surface area (TPSA) is 47.6 Å². The third-order valence-electron chi connectivity index (χ3n) is 4.98. The number of carbonyl (C=O) groups excluding carboxylic acids is 1. The molecule has 138 valence electrons. The van der Waals surface area contributed by atoms with Gasteiger partial charge in [0.2, 0.25) is 0 Å². The number of benzene rings is 2. The van der Waals surface area contributed by atoms with Crippen LogP contribution in [0.3, 0.4) is 0 Å². The van der Waals surface area contributed by atoms with Crippen LogP contribution in [-0.2, 0) is 17.6 Å². The first-order valence-corrected chi connectivity index (χ1v) is 9.34. The average molecular weight is 353 g/mol. The second-order valence-corrected chi connectivity index (χ2v) is 6.78. The molecule has 0 unspecified atom stereocenters. The van der Waals surface area contributed by atoms with E-state index in [0.717, 1.165) is 12.0 Å². The summed E-state index contributed by atoms with van der Waals surface area (Å²) in [5, 5.41) is 3.09. The molecule has 2 atom stereocenters. The van der Waals surface area contributed by atoms with Gasteiger partial charge in [0.25, 0.3) is 5.91 Å². The van der Waals surface area contributed by atoms with E-state index >= 15 is 0 Å². The van der Waals surface area contributed by atoms with Crippen molar-refractivity contribution in [3.63, 3.8) is 0 Å². The first-order chi connectivity index (χ1) is 12.6. The summed E-state index contributed by atoms with van der Waals surface area (Å²) in [6, 6.07) is 13.9. The van der Waals surface area contributed by atoms with Crippen LogP contribution in [0.15, 0.2) is 42.5 Å². The summed E-state index contributed by atoms with van der Waals surface area (Å²) >= 11 is 0. The summed E-state index contributed by atoms with van der Waals surface area (Å²) < 4.78 is 11.2. The number of methoxy groups -OCH3 is 1. The van der Waals surface area contributed by atoms with Crippen LogP contribution >= 0.6 is 0 Å². The minimum atomic E-state index is -0.553. The van der Waals surface area contributed by atoms with E-state index in [4.69, 9.17) is 9.47 Å². The normalized spacial score (nSPS) is 15.0. The molecule has 1 aliphatic carbocycles. The van der Waals surface area contributed by atoms with Crippen LogP contribution in [0.1, 0.15) is 49.4 Å². The summed E-state index contributed by atoms with van der Waals surface area (Å²) in [4.78, 5) is 12.7. The average Bonchev–Trinajstić information content (AvgIpc) is 3.13. The van der Waals surface area contributed by atoms with E-state index in [2.05, 4.69) is 23.5 Å². The Morgan fingerprint density at radius 2 is 1.85 bits per heavy atom. The van der Waals surface area contributed by atoms with Gasteiger partial charge in [-0.3, -0.25) is 4.79 Å². The van der Waals surface area contributed by atoms with E-state index in [-0.39, 0.29) is 11.9 Å². The lowest BCUT2D eigenvalue weighted by Crippen LogP contribution is -2.39. The Balaban J connectivity index is 1.67. The molecule has 0 spiro atoms. The Kier molecular flexibility index (Phi) is 5.82. The fourth-order valence-electron chi connectivity index (χ4n) is 3.44. The van der Waals surface area contributed by atoms with Gasteiger partial charge >= 0.3 is 0 Å². The summed E-state index contributed by atoms with van der Waals surface area (Å²) in [5.41, 5.74) is 4.00. The van der Waals surface area contributed by atoms with Crippen molar-refractivity contribution in [1.29, 1.82) is 0 Å². The standard InChI is InChI=1S/C22H27NO3/c1-4-19(26-21-11-6-5-10-20(21)25-3)22(24)23-15(2)17-13-12-16-8-7-9-18(16)14-17/h5-6,10-15,19H,4,7-9H2,1-3H3,(H,23,24)/t15-,19-/m1/s1. The number of para-hydroxylation sites is 2. The third-order valence-corrected chi connectivity index (χ3v) is 4.98. The van der Waals surface area contributed by atoms with Gasteiger partial charge in [-0.05, 0) is 61.4 Å². The van der Waals surface area contributed by atoms with Gasteiger partial charge in [-0.2, -0.15) is 0 Å². The van der Waals surface area contributed by atoms with Crippen molar-refractivity contribution in [3.8, 4) is 11.5 Å². The van der Waals surface area contributed by atoms with Gasteiger partial charge in [-0.15, -0.1) is 0 Å². The number of fused-ring (bicyclic) bond motifs is 1. The smallest absolute Gasteiger partial charge is 0.261 e. The van der Waals surface area contributed by atoms with Crippen molar-refractivity contribution < 1.29 is 14.3 Å². The largest absolute Gasteiger partial charge is 0.493 e. The molecular weight excluding hydrogens is 326 g/mol. The van der Waals surface area contributed by atoms with Crippen molar-refractivity contribution in [2.45, 2.75) is 51.7 Å². The minimum Gasteiger partial charge on any atom is -0.493 e. The van der Waals surface area contributed by atoms with E-state index in [1.54, 1.807) is 7.11 Å². The minimum absolute atomic E-state index is 0.0521. The van der Waals surface area contributed by atoms with Crippen LogP contribution in [-0.4, -0.2) is 19.1 Å². The fourth-order valence-corrected chi connectivity index (χ4v) is 3.44. The number of rotatable bonds is 7. The van der Waals surface area contributed by atoms with Gasteiger partial charge in [-0.25, -0.2) is 0 Å². The van der Waals surface area contributed by atoms with Crippen LogP contribution in [0.5, 0.6) is 11.5 Å². The number of nitrogens with one attached hydrogen (secondary N) is 1. The van der Waals surface area contributed by atoms with Gasteiger partial charge in [0.15, 0.2) is 17.6 Å². The molecule has 0 saturated carbocycles. The molecule has 0 heterocycles. The molecule has 3 rings (SSSR count). The van der Waals surface area contributed by atoms with Gasteiger partial charge < -0.3 is 14.8 Å². The first-order valence-electron chi connectivity index (χ1n) is 9.34. The number of carbonyl (C=O) groups is 1. The van der Waals surface area contributed by atoms with Crippen molar-refractivity contribution in [1.82, 2.24) is 5.32 Å². The highest BCUT2D eigenvalue weighted by molar-refractivity contribution is 5.81. The lowest BCUT2D eigenvalue weighted by molar-refractivity contribution is -0.128. The molecule has 1 aliphatic rings. The van der Waals surface area contributed by atoms with E-state index in [1.807, 2.05) is 38.1 Å².